The molecule has 0 bridgehead atoms. The fourth-order valence-electron chi connectivity index (χ4n) is 1.81. The number of rotatable bonds is 3. The molecule has 0 radical (unpaired) electrons. The van der Waals surface area contributed by atoms with Crippen molar-refractivity contribution in [3.05, 3.63) is 0 Å². The molecule has 0 aromatic rings. The van der Waals surface area contributed by atoms with Gasteiger partial charge in [0.15, 0.2) is 9.84 Å². The van der Waals surface area contributed by atoms with Crippen molar-refractivity contribution in [2.24, 2.45) is 0 Å². The molecule has 0 amide bonds. The summed E-state index contributed by atoms with van der Waals surface area (Å²) in [4.78, 5) is 1.97. The molecule has 4 nitrogen and oxygen atoms in total. The molecule has 0 saturated carbocycles. The van der Waals surface area contributed by atoms with Crippen molar-refractivity contribution in [2.45, 2.75) is 38.5 Å². The van der Waals surface area contributed by atoms with Crippen molar-refractivity contribution >= 4 is 9.84 Å². The molecule has 3 unspecified atom stereocenters. The van der Waals surface area contributed by atoms with E-state index in [9.17, 15) is 13.5 Å². The second kappa shape index (κ2) is 4.16. The first-order valence-electron chi connectivity index (χ1n) is 4.98. The maximum absolute atomic E-state index is 11.3. The number of nitrogens with zero attached hydrogens (tertiary/aromatic N) is 1. The maximum atomic E-state index is 11.3. The molecule has 1 saturated heterocycles. The van der Waals surface area contributed by atoms with E-state index >= 15 is 0 Å². The fourth-order valence-corrected chi connectivity index (χ4v) is 3.67. The molecule has 0 aromatic carbocycles. The fraction of sp³-hybridized carbons (Fsp3) is 1.00. The monoisotopic (exact) mass is 221 g/mol. The van der Waals surface area contributed by atoms with Crippen LogP contribution in [0.5, 0.6) is 0 Å². The van der Waals surface area contributed by atoms with Gasteiger partial charge in [-0.2, -0.15) is 0 Å². The number of aliphatic hydroxyl groups excluding tert-OH is 1. The molecule has 1 fully saturated rings. The van der Waals surface area contributed by atoms with Crippen molar-refractivity contribution in [3.8, 4) is 0 Å². The summed E-state index contributed by atoms with van der Waals surface area (Å²) in [6.07, 6.45) is 0.235. The molecule has 5 heteroatoms. The van der Waals surface area contributed by atoms with Gasteiger partial charge in [-0.25, -0.2) is 8.42 Å². The highest BCUT2D eigenvalue weighted by molar-refractivity contribution is 7.91. The summed E-state index contributed by atoms with van der Waals surface area (Å²) in [5, 5.41) is 9.62. The van der Waals surface area contributed by atoms with Crippen LogP contribution in [0.1, 0.15) is 20.3 Å². The van der Waals surface area contributed by atoms with Crippen LogP contribution in [0, 0.1) is 0 Å². The van der Waals surface area contributed by atoms with Gasteiger partial charge in [-0.1, -0.05) is 6.92 Å². The van der Waals surface area contributed by atoms with E-state index in [1.54, 1.807) is 0 Å². The van der Waals surface area contributed by atoms with Gasteiger partial charge in [0, 0.05) is 6.04 Å². The first-order valence-corrected chi connectivity index (χ1v) is 6.80. The zero-order valence-electron chi connectivity index (χ0n) is 8.97. The van der Waals surface area contributed by atoms with Crippen LogP contribution in [-0.4, -0.2) is 55.2 Å². The van der Waals surface area contributed by atoms with E-state index < -0.39 is 15.9 Å². The van der Waals surface area contributed by atoms with Crippen LogP contribution in [0.3, 0.4) is 0 Å². The predicted octanol–water partition coefficient (Wildman–Crippen LogP) is -0.125. The molecule has 3 atom stereocenters. The molecule has 1 aliphatic rings. The summed E-state index contributed by atoms with van der Waals surface area (Å²) in [5.41, 5.74) is 0. The van der Waals surface area contributed by atoms with Crippen molar-refractivity contribution < 1.29 is 13.5 Å². The number of aliphatic hydroxyl groups is 1. The van der Waals surface area contributed by atoms with Crippen molar-refractivity contribution in [1.82, 2.24) is 4.90 Å². The molecule has 0 aliphatic carbocycles. The van der Waals surface area contributed by atoms with Gasteiger partial charge in [0.1, 0.15) is 0 Å². The highest BCUT2D eigenvalue weighted by Crippen LogP contribution is 2.19. The Morgan fingerprint density at radius 2 is 2.07 bits per heavy atom. The molecule has 14 heavy (non-hydrogen) atoms. The second-order valence-electron chi connectivity index (χ2n) is 4.13. The van der Waals surface area contributed by atoms with Crippen LogP contribution in [-0.2, 0) is 9.84 Å². The van der Waals surface area contributed by atoms with E-state index in [0.29, 0.717) is 6.04 Å². The highest BCUT2D eigenvalue weighted by Gasteiger charge is 2.39. The van der Waals surface area contributed by atoms with E-state index in [0.717, 1.165) is 6.42 Å². The lowest BCUT2D eigenvalue weighted by atomic mass is 10.1. The summed E-state index contributed by atoms with van der Waals surface area (Å²) in [5.74, 6) is 0.00739. The summed E-state index contributed by atoms with van der Waals surface area (Å²) in [7, 11) is -1.15. The lowest BCUT2D eigenvalue weighted by Gasteiger charge is -2.30. The molecule has 0 spiro atoms. The molecule has 1 aliphatic heterocycles. The first kappa shape index (κ1) is 11.9. The van der Waals surface area contributed by atoms with Gasteiger partial charge in [-0.15, -0.1) is 0 Å². The Kier molecular flexibility index (Phi) is 3.55. The molecule has 1 rings (SSSR count). The standard InChI is InChI=1S/C9H19NO3S/c1-4-7(2)10(3)8-5-14(12,13)6-9(8)11/h7-9,11H,4-6H2,1-3H3. The zero-order valence-corrected chi connectivity index (χ0v) is 9.79. The normalized spacial score (nSPS) is 33.5. The molecule has 1 heterocycles. The van der Waals surface area contributed by atoms with Crippen molar-refractivity contribution in [3.63, 3.8) is 0 Å². The third-order valence-corrected chi connectivity index (χ3v) is 4.80. The molecule has 1 N–H and O–H groups in total. The van der Waals surface area contributed by atoms with Gasteiger partial charge >= 0.3 is 0 Å². The summed E-state index contributed by atoms with van der Waals surface area (Å²) < 4.78 is 22.6. The van der Waals surface area contributed by atoms with E-state index in [1.807, 2.05) is 18.9 Å². The summed E-state index contributed by atoms with van der Waals surface area (Å²) in [6, 6.07) is 0.0814. The Morgan fingerprint density at radius 1 is 1.50 bits per heavy atom. The smallest absolute Gasteiger partial charge is 0.154 e. The first-order chi connectivity index (χ1) is 6.37. The Hall–Kier alpha value is -0.130. The summed E-state index contributed by atoms with van der Waals surface area (Å²) >= 11 is 0. The van der Waals surface area contributed by atoms with Crippen LogP contribution >= 0.6 is 0 Å². The van der Waals surface area contributed by atoms with Crippen molar-refractivity contribution in [2.75, 3.05) is 18.6 Å². The number of sulfone groups is 1. The zero-order chi connectivity index (χ0) is 10.9. The largest absolute Gasteiger partial charge is 0.390 e. The Morgan fingerprint density at radius 3 is 2.43 bits per heavy atom. The van der Waals surface area contributed by atoms with E-state index in [4.69, 9.17) is 0 Å². The number of hydrogen-bond donors (Lipinski definition) is 1. The van der Waals surface area contributed by atoms with Gasteiger partial charge in [0.2, 0.25) is 0 Å². The topological polar surface area (TPSA) is 57.6 Å². The molecule has 84 valence electrons. The van der Waals surface area contributed by atoms with E-state index in [1.165, 1.54) is 0 Å². The van der Waals surface area contributed by atoms with Gasteiger partial charge in [-0.3, -0.25) is 4.90 Å². The molecular weight excluding hydrogens is 202 g/mol. The van der Waals surface area contributed by atoms with E-state index in [-0.39, 0.29) is 17.5 Å². The average Bonchev–Trinajstić information content (AvgIpc) is 2.37. The molecular formula is C9H19NO3S. The quantitative estimate of drug-likeness (QED) is 0.721. The third-order valence-electron chi connectivity index (χ3n) is 3.10. The Labute approximate surface area is 85.8 Å². The lowest BCUT2D eigenvalue weighted by Crippen LogP contribution is -2.45. The van der Waals surface area contributed by atoms with Crippen molar-refractivity contribution in [1.29, 1.82) is 0 Å². The highest BCUT2D eigenvalue weighted by atomic mass is 32.2. The number of likely N-dealkylation sites (N-methyl/N-ethyl adjacent to an activating group) is 1. The third kappa shape index (κ3) is 2.46. The van der Waals surface area contributed by atoms with Crippen LogP contribution in [0.25, 0.3) is 0 Å². The van der Waals surface area contributed by atoms with Gasteiger partial charge in [0.05, 0.1) is 23.7 Å². The van der Waals surface area contributed by atoms with Crippen LogP contribution in [0.15, 0.2) is 0 Å². The van der Waals surface area contributed by atoms with E-state index in [2.05, 4.69) is 6.92 Å². The van der Waals surface area contributed by atoms with Crippen LogP contribution in [0.2, 0.25) is 0 Å². The van der Waals surface area contributed by atoms with Crippen LogP contribution in [0.4, 0.5) is 0 Å². The SMILES string of the molecule is CCC(C)N(C)C1CS(=O)(=O)CC1O. The van der Waals surface area contributed by atoms with Crippen LogP contribution < -0.4 is 0 Å². The maximum Gasteiger partial charge on any atom is 0.154 e. The van der Waals surface area contributed by atoms with Gasteiger partial charge in [-0.05, 0) is 20.4 Å². The average molecular weight is 221 g/mol. The molecule has 0 aromatic heterocycles. The predicted molar refractivity (Wildman–Crippen MR) is 56.0 cm³/mol. The van der Waals surface area contributed by atoms with Gasteiger partial charge < -0.3 is 5.11 Å². The summed E-state index contributed by atoms with van der Waals surface area (Å²) in [6.45, 7) is 4.09. The minimum Gasteiger partial charge on any atom is -0.390 e. The minimum absolute atomic E-state index is 0.0849. The minimum atomic E-state index is -3.02. The second-order valence-corrected chi connectivity index (χ2v) is 6.29. The lowest BCUT2D eigenvalue weighted by molar-refractivity contribution is 0.0767. The number of hydrogen-bond acceptors (Lipinski definition) is 4. The Bertz CT molecular complexity index is 288. The van der Waals surface area contributed by atoms with Gasteiger partial charge in [0.25, 0.3) is 0 Å². The Balaban J connectivity index is 2.71.